The van der Waals surface area contributed by atoms with Crippen LogP contribution < -0.4 is 10.6 Å². The van der Waals surface area contributed by atoms with Gasteiger partial charge >= 0.3 is 12.1 Å². The first kappa shape index (κ1) is 23.7. The molecule has 2 amide bonds. The quantitative estimate of drug-likeness (QED) is 0.401. The van der Waals surface area contributed by atoms with Crippen LogP contribution in [0.15, 0.2) is 79.4 Å². The fourth-order valence-corrected chi connectivity index (χ4v) is 4.19. The number of nitrogens with one attached hydrogen (secondary N) is 2. The van der Waals surface area contributed by atoms with Gasteiger partial charge in [-0.2, -0.15) is 0 Å². The normalized spacial score (nSPS) is 12.7. The lowest BCUT2D eigenvalue weighted by atomic mass is 9.98. The van der Waals surface area contributed by atoms with Crippen molar-refractivity contribution in [1.82, 2.24) is 5.32 Å². The van der Waals surface area contributed by atoms with Crippen LogP contribution in [0.2, 0.25) is 0 Å². The Bertz CT molecular complexity index is 1260. The first-order chi connectivity index (χ1) is 16.9. The minimum atomic E-state index is -1.46. The SMILES string of the molecule is C=CCC(NC(=O)OCC1c2ccccc2-c2ccccc21)C(=O)Nc1cccc(C(=O)O)c1F. The molecule has 3 N–H and O–H groups in total. The van der Waals surface area contributed by atoms with Gasteiger partial charge in [-0.05, 0) is 40.8 Å². The first-order valence-electron chi connectivity index (χ1n) is 11.0. The van der Waals surface area contributed by atoms with Gasteiger partial charge in [0.05, 0.1) is 11.3 Å². The zero-order chi connectivity index (χ0) is 24.9. The van der Waals surface area contributed by atoms with Gasteiger partial charge in [0.15, 0.2) is 5.82 Å². The van der Waals surface area contributed by atoms with E-state index in [1.807, 2.05) is 48.5 Å². The van der Waals surface area contributed by atoms with Crippen LogP contribution in [0.5, 0.6) is 0 Å². The highest BCUT2D eigenvalue weighted by molar-refractivity contribution is 5.98. The second kappa shape index (κ2) is 10.2. The van der Waals surface area contributed by atoms with Crippen molar-refractivity contribution in [2.24, 2.45) is 0 Å². The van der Waals surface area contributed by atoms with E-state index in [1.54, 1.807) is 0 Å². The van der Waals surface area contributed by atoms with E-state index in [0.717, 1.165) is 28.3 Å². The van der Waals surface area contributed by atoms with E-state index in [2.05, 4.69) is 17.2 Å². The maximum absolute atomic E-state index is 14.4. The van der Waals surface area contributed by atoms with Gasteiger partial charge in [-0.1, -0.05) is 60.7 Å². The number of ether oxygens (including phenoxy) is 1. The molecule has 0 aliphatic heterocycles. The van der Waals surface area contributed by atoms with Crippen LogP contribution in [0.4, 0.5) is 14.9 Å². The molecular weight excluding hydrogens is 451 g/mol. The second-order valence-electron chi connectivity index (χ2n) is 8.01. The summed E-state index contributed by atoms with van der Waals surface area (Å²) < 4.78 is 19.9. The largest absolute Gasteiger partial charge is 0.478 e. The van der Waals surface area contributed by atoms with Crippen LogP contribution in [0.25, 0.3) is 11.1 Å². The number of carboxylic acid groups (broad SMARTS) is 1. The highest BCUT2D eigenvalue weighted by Gasteiger charge is 2.30. The van der Waals surface area contributed by atoms with Crippen LogP contribution in [-0.4, -0.2) is 35.7 Å². The molecule has 0 aromatic heterocycles. The molecule has 0 radical (unpaired) electrons. The molecule has 4 rings (SSSR count). The van der Waals surface area contributed by atoms with Gasteiger partial charge in [0, 0.05) is 5.92 Å². The molecule has 3 aromatic carbocycles. The molecule has 178 valence electrons. The summed E-state index contributed by atoms with van der Waals surface area (Å²) in [6, 6.07) is 18.3. The highest BCUT2D eigenvalue weighted by atomic mass is 19.1. The van der Waals surface area contributed by atoms with Crippen molar-refractivity contribution in [1.29, 1.82) is 0 Å². The number of carbonyl (C=O) groups is 3. The molecule has 1 aliphatic rings. The minimum Gasteiger partial charge on any atom is -0.478 e. The van der Waals surface area contributed by atoms with Gasteiger partial charge in [0.25, 0.3) is 0 Å². The number of carboxylic acids is 1. The molecule has 3 aromatic rings. The monoisotopic (exact) mass is 474 g/mol. The van der Waals surface area contributed by atoms with Crippen LogP contribution in [-0.2, 0) is 9.53 Å². The van der Waals surface area contributed by atoms with E-state index in [1.165, 1.54) is 18.2 Å². The summed E-state index contributed by atoms with van der Waals surface area (Å²) in [5, 5.41) is 13.9. The van der Waals surface area contributed by atoms with E-state index in [9.17, 15) is 18.8 Å². The number of hydrogen-bond donors (Lipinski definition) is 3. The summed E-state index contributed by atoms with van der Waals surface area (Å²) in [5.74, 6) is -3.42. The van der Waals surface area contributed by atoms with Crippen LogP contribution in [0.1, 0.15) is 33.8 Å². The maximum Gasteiger partial charge on any atom is 0.407 e. The number of anilines is 1. The topological polar surface area (TPSA) is 105 Å². The van der Waals surface area contributed by atoms with Crippen molar-refractivity contribution < 1.29 is 28.6 Å². The van der Waals surface area contributed by atoms with E-state index < -0.39 is 35.4 Å². The minimum absolute atomic E-state index is 0.0519. The van der Waals surface area contributed by atoms with Crippen molar-refractivity contribution in [3.8, 4) is 11.1 Å². The van der Waals surface area contributed by atoms with E-state index >= 15 is 0 Å². The predicted molar refractivity (Wildman–Crippen MR) is 129 cm³/mol. The van der Waals surface area contributed by atoms with E-state index in [-0.39, 0.29) is 24.6 Å². The number of halogens is 1. The van der Waals surface area contributed by atoms with Gasteiger partial charge in [0.1, 0.15) is 12.6 Å². The van der Waals surface area contributed by atoms with E-state index in [0.29, 0.717) is 0 Å². The third kappa shape index (κ3) is 4.91. The average molecular weight is 474 g/mol. The first-order valence-corrected chi connectivity index (χ1v) is 11.0. The molecule has 7 nitrogen and oxygen atoms in total. The number of rotatable bonds is 8. The average Bonchev–Trinajstić information content (AvgIpc) is 3.17. The molecule has 0 spiro atoms. The van der Waals surface area contributed by atoms with Gasteiger partial charge in [0.2, 0.25) is 5.91 Å². The molecule has 0 saturated carbocycles. The number of amides is 2. The maximum atomic E-state index is 14.4. The van der Waals surface area contributed by atoms with Gasteiger partial charge < -0.3 is 20.5 Å². The number of carbonyl (C=O) groups excluding carboxylic acids is 2. The summed E-state index contributed by atoms with van der Waals surface area (Å²) in [4.78, 5) is 36.4. The summed E-state index contributed by atoms with van der Waals surface area (Å²) in [7, 11) is 0. The van der Waals surface area contributed by atoms with Gasteiger partial charge in [-0.3, -0.25) is 4.79 Å². The molecule has 0 heterocycles. The molecule has 0 saturated heterocycles. The van der Waals surface area contributed by atoms with Crippen LogP contribution in [0, 0.1) is 5.82 Å². The van der Waals surface area contributed by atoms with Crippen molar-refractivity contribution in [2.75, 3.05) is 11.9 Å². The fraction of sp³-hybridized carbons (Fsp3) is 0.148. The fourth-order valence-electron chi connectivity index (χ4n) is 4.19. The van der Waals surface area contributed by atoms with Crippen LogP contribution in [0.3, 0.4) is 0 Å². The molecule has 0 bridgehead atoms. The van der Waals surface area contributed by atoms with Crippen molar-refractivity contribution in [3.63, 3.8) is 0 Å². The summed E-state index contributed by atoms with van der Waals surface area (Å²) in [5.41, 5.74) is 3.40. The van der Waals surface area contributed by atoms with Crippen molar-refractivity contribution in [3.05, 3.63) is 102 Å². The van der Waals surface area contributed by atoms with E-state index in [4.69, 9.17) is 9.84 Å². The molecular formula is C27H23FN2O5. The third-order valence-corrected chi connectivity index (χ3v) is 5.84. The van der Waals surface area contributed by atoms with Gasteiger partial charge in [-0.25, -0.2) is 14.0 Å². The predicted octanol–water partition coefficient (Wildman–Crippen LogP) is 4.95. The highest BCUT2D eigenvalue weighted by Crippen LogP contribution is 2.44. The Morgan fingerprint density at radius 2 is 1.63 bits per heavy atom. The molecule has 8 heteroatoms. The summed E-state index contributed by atoms with van der Waals surface area (Å²) in [6.45, 7) is 3.65. The summed E-state index contributed by atoms with van der Waals surface area (Å²) in [6.07, 6.45) is 0.669. The molecule has 1 atom stereocenters. The van der Waals surface area contributed by atoms with Crippen molar-refractivity contribution >= 4 is 23.7 Å². The van der Waals surface area contributed by atoms with Gasteiger partial charge in [-0.15, -0.1) is 6.58 Å². The number of benzene rings is 3. The Hall–Kier alpha value is -4.46. The Labute approximate surface area is 201 Å². The summed E-state index contributed by atoms with van der Waals surface area (Å²) >= 11 is 0. The Morgan fingerprint density at radius 3 is 2.23 bits per heavy atom. The molecule has 35 heavy (non-hydrogen) atoms. The standard InChI is InChI=1S/C27H23FN2O5/c1-2-8-23(25(31)29-22-14-7-13-20(24(22)28)26(32)33)30-27(34)35-15-21-18-11-5-3-9-16(18)17-10-4-6-12-19(17)21/h2-7,9-14,21,23H,1,8,15H2,(H,29,31)(H,30,34)(H,32,33). The number of aromatic carboxylic acids is 1. The lowest BCUT2D eigenvalue weighted by Gasteiger charge is -2.19. The zero-order valence-corrected chi connectivity index (χ0v) is 18.7. The number of alkyl carbamates (subject to hydrolysis) is 1. The second-order valence-corrected chi connectivity index (χ2v) is 8.01. The molecule has 0 fully saturated rings. The Kier molecular flexibility index (Phi) is 6.91. The third-order valence-electron chi connectivity index (χ3n) is 5.84. The number of hydrogen-bond acceptors (Lipinski definition) is 4. The number of fused-ring (bicyclic) bond motifs is 3. The smallest absolute Gasteiger partial charge is 0.407 e. The Balaban J connectivity index is 1.43. The lowest BCUT2D eigenvalue weighted by Crippen LogP contribution is -2.44. The zero-order valence-electron chi connectivity index (χ0n) is 18.7. The molecule has 1 unspecified atom stereocenters. The lowest BCUT2D eigenvalue weighted by molar-refractivity contribution is -0.118. The van der Waals surface area contributed by atoms with Crippen molar-refractivity contribution in [2.45, 2.75) is 18.4 Å². The van der Waals surface area contributed by atoms with Crippen LogP contribution >= 0.6 is 0 Å². The molecule has 1 aliphatic carbocycles. The Morgan fingerprint density at radius 1 is 1.00 bits per heavy atom.